The number of carbonyl (C=O) groups excluding carboxylic acids is 2. The Balaban J connectivity index is 1.53. The molecule has 7 heteroatoms. The fourth-order valence-corrected chi connectivity index (χ4v) is 3.47. The summed E-state index contributed by atoms with van der Waals surface area (Å²) in [5.74, 6) is 0.265. The number of aromatic nitrogens is 1. The Hall–Kier alpha value is -3.19. The third kappa shape index (κ3) is 3.54. The van der Waals surface area contributed by atoms with Crippen molar-refractivity contribution in [2.75, 3.05) is 17.2 Å². The Labute approximate surface area is 160 Å². The number of thiazole rings is 1. The average Bonchev–Trinajstić information content (AvgIpc) is 3.11. The molecular formula is C20H17N3O3S. The van der Waals surface area contributed by atoms with E-state index in [-0.39, 0.29) is 18.4 Å². The molecule has 0 bridgehead atoms. The normalized spacial score (nSPS) is 12.7. The molecule has 0 radical (unpaired) electrons. The van der Waals surface area contributed by atoms with Crippen molar-refractivity contribution >= 4 is 34.0 Å². The van der Waals surface area contributed by atoms with Crippen LogP contribution in [0.2, 0.25) is 0 Å². The molecule has 136 valence electrons. The number of rotatable bonds is 3. The third-order valence-corrected chi connectivity index (χ3v) is 5.16. The number of aryl methyl sites for hydroxylation is 2. The van der Waals surface area contributed by atoms with Gasteiger partial charge < -0.3 is 10.1 Å². The minimum atomic E-state index is -0.190. The predicted octanol–water partition coefficient (Wildman–Crippen LogP) is 4.01. The molecule has 0 saturated carbocycles. The maximum Gasteiger partial charge on any atom is 0.262 e. The molecule has 2 aromatic carbocycles. The molecule has 27 heavy (non-hydrogen) atoms. The topological polar surface area (TPSA) is 80.3 Å². The SMILES string of the molecule is Cc1ccc(C(=O)Nc2nc(-c3ccc4c(c3)NC(=O)CO4)cs2)cc1C. The average molecular weight is 379 g/mol. The van der Waals surface area contributed by atoms with Gasteiger partial charge in [0, 0.05) is 16.5 Å². The van der Waals surface area contributed by atoms with Crippen LogP contribution in [0, 0.1) is 13.8 Å². The van der Waals surface area contributed by atoms with Crippen LogP contribution < -0.4 is 15.4 Å². The Kier molecular flexibility index (Phi) is 4.37. The zero-order valence-corrected chi connectivity index (χ0v) is 15.6. The molecule has 2 N–H and O–H groups in total. The minimum absolute atomic E-state index is 0.0255. The Morgan fingerprint density at radius 3 is 2.85 bits per heavy atom. The highest BCUT2D eigenvalue weighted by atomic mass is 32.1. The lowest BCUT2D eigenvalue weighted by Crippen LogP contribution is -2.25. The Morgan fingerprint density at radius 1 is 1.19 bits per heavy atom. The third-order valence-electron chi connectivity index (χ3n) is 4.40. The van der Waals surface area contributed by atoms with Crippen molar-refractivity contribution in [1.82, 2.24) is 4.98 Å². The van der Waals surface area contributed by atoms with E-state index in [4.69, 9.17) is 4.74 Å². The molecule has 4 rings (SSSR count). The van der Waals surface area contributed by atoms with Crippen molar-refractivity contribution < 1.29 is 14.3 Å². The molecule has 1 aliphatic rings. The summed E-state index contributed by atoms with van der Waals surface area (Å²) in [5.41, 5.74) is 4.99. The molecule has 0 saturated heterocycles. The first kappa shape index (κ1) is 17.2. The second-order valence-electron chi connectivity index (χ2n) is 6.34. The Morgan fingerprint density at radius 2 is 2.04 bits per heavy atom. The highest BCUT2D eigenvalue weighted by molar-refractivity contribution is 7.14. The van der Waals surface area contributed by atoms with Gasteiger partial charge in [0.25, 0.3) is 11.8 Å². The molecule has 2 amide bonds. The van der Waals surface area contributed by atoms with Gasteiger partial charge in [-0.2, -0.15) is 0 Å². The summed E-state index contributed by atoms with van der Waals surface area (Å²) in [4.78, 5) is 28.4. The van der Waals surface area contributed by atoms with Crippen LogP contribution in [0.25, 0.3) is 11.3 Å². The first-order valence-corrected chi connectivity index (χ1v) is 9.29. The van der Waals surface area contributed by atoms with Gasteiger partial charge in [0.2, 0.25) is 0 Å². The van der Waals surface area contributed by atoms with Crippen LogP contribution >= 0.6 is 11.3 Å². The van der Waals surface area contributed by atoms with Crippen LogP contribution in [-0.2, 0) is 4.79 Å². The maximum absolute atomic E-state index is 12.4. The van der Waals surface area contributed by atoms with Crippen LogP contribution in [0.5, 0.6) is 5.75 Å². The highest BCUT2D eigenvalue weighted by Crippen LogP contribution is 2.33. The zero-order chi connectivity index (χ0) is 19.0. The van der Waals surface area contributed by atoms with Gasteiger partial charge in [-0.15, -0.1) is 11.3 Å². The van der Waals surface area contributed by atoms with Crippen molar-refractivity contribution in [3.63, 3.8) is 0 Å². The quantitative estimate of drug-likeness (QED) is 0.721. The van der Waals surface area contributed by atoms with Gasteiger partial charge in [0.15, 0.2) is 11.7 Å². The zero-order valence-electron chi connectivity index (χ0n) is 14.8. The first-order valence-electron chi connectivity index (χ1n) is 8.41. The maximum atomic E-state index is 12.4. The number of fused-ring (bicyclic) bond motifs is 1. The summed E-state index contributed by atoms with van der Waals surface area (Å²) < 4.78 is 5.36. The minimum Gasteiger partial charge on any atom is -0.482 e. The molecule has 0 spiro atoms. The van der Waals surface area contributed by atoms with Gasteiger partial charge in [0.1, 0.15) is 5.75 Å². The lowest BCUT2D eigenvalue weighted by Gasteiger charge is -2.18. The summed E-state index contributed by atoms with van der Waals surface area (Å²) in [6.07, 6.45) is 0. The van der Waals surface area contributed by atoms with E-state index in [0.29, 0.717) is 22.1 Å². The monoisotopic (exact) mass is 379 g/mol. The molecular weight excluding hydrogens is 362 g/mol. The molecule has 2 heterocycles. The van der Waals surface area contributed by atoms with E-state index in [9.17, 15) is 9.59 Å². The second-order valence-corrected chi connectivity index (χ2v) is 7.20. The highest BCUT2D eigenvalue weighted by Gasteiger charge is 2.17. The van der Waals surface area contributed by atoms with Gasteiger partial charge in [-0.05, 0) is 55.3 Å². The van der Waals surface area contributed by atoms with Crippen molar-refractivity contribution in [3.05, 3.63) is 58.5 Å². The van der Waals surface area contributed by atoms with Crippen molar-refractivity contribution in [2.24, 2.45) is 0 Å². The fraction of sp³-hybridized carbons (Fsp3) is 0.150. The number of nitrogens with one attached hydrogen (secondary N) is 2. The number of anilines is 2. The van der Waals surface area contributed by atoms with Crippen molar-refractivity contribution in [2.45, 2.75) is 13.8 Å². The van der Waals surface area contributed by atoms with Crippen LogP contribution in [0.4, 0.5) is 10.8 Å². The molecule has 1 aliphatic heterocycles. The van der Waals surface area contributed by atoms with Crippen molar-refractivity contribution in [1.29, 1.82) is 0 Å². The molecule has 0 atom stereocenters. The number of hydrogen-bond acceptors (Lipinski definition) is 5. The Bertz CT molecular complexity index is 1060. The van der Waals surface area contributed by atoms with E-state index in [1.165, 1.54) is 11.3 Å². The summed E-state index contributed by atoms with van der Waals surface area (Å²) in [6, 6.07) is 11.1. The summed E-state index contributed by atoms with van der Waals surface area (Å²) in [5, 5.41) is 8.00. The van der Waals surface area contributed by atoms with Crippen LogP contribution in [0.3, 0.4) is 0 Å². The molecule has 0 fully saturated rings. The van der Waals surface area contributed by atoms with Crippen molar-refractivity contribution in [3.8, 4) is 17.0 Å². The number of hydrogen-bond donors (Lipinski definition) is 2. The van der Waals surface area contributed by atoms with E-state index in [1.54, 1.807) is 12.1 Å². The van der Waals surface area contributed by atoms with E-state index >= 15 is 0 Å². The number of carbonyl (C=O) groups is 2. The van der Waals surface area contributed by atoms with Gasteiger partial charge in [-0.1, -0.05) is 6.07 Å². The number of benzene rings is 2. The van der Waals surface area contributed by atoms with E-state index in [1.807, 2.05) is 43.5 Å². The number of nitrogens with zero attached hydrogens (tertiary/aromatic N) is 1. The second kappa shape index (κ2) is 6.85. The first-order chi connectivity index (χ1) is 13.0. The lowest BCUT2D eigenvalue weighted by molar-refractivity contribution is -0.118. The molecule has 0 aliphatic carbocycles. The lowest BCUT2D eigenvalue weighted by atomic mass is 10.1. The molecule has 1 aromatic heterocycles. The molecule has 3 aromatic rings. The molecule has 0 unspecified atom stereocenters. The van der Waals surface area contributed by atoms with Gasteiger partial charge in [0.05, 0.1) is 11.4 Å². The van der Waals surface area contributed by atoms with Crippen LogP contribution in [0.15, 0.2) is 41.8 Å². The fourth-order valence-electron chi connectivity index (χ4n) is 2.76. The predicted molar refractivity (Wildman–Crippen MR) is 106 cm³/mol. The summed E-state index contributed by atoms with van der Waals surface area (Å²) in [6.45, 7) is 4.01. The largest absolute Gasteiger partial charge is 0.482 e. The van der Waals surface area contributed by atoms with Crippen LogP contribution in [0.1, 0.15) is 21.5 Å². The number of amides is 2. The van der Waals surface area contributed by atoms with Gasteiger partial charge >= 0.3 is 0 Å². The summed E-state index contributed by atoms with van der Waals surface area (Å²) in [7, 11) is 0. The summed E-state index contributed by atoms with van der Waals surface area (Å²) >= 11 is 1.35. The number of ether oxygens (including phenoxy) is 1. The molecule has 6 nitrogen and oxygen atoms in total. The van der Waals surface area contributed by atoms with Gasteiger partial charge in [-0.25, -0.2) is 4.98 Å². The standard InChI is InChI=1S/C20H17N3O3S/c1-11-3-4-14(7-12(11)2)19(25)23-20-22-16(10-27-20)13-5-6-17-15(8-13)21-18(24)9-26-17/h3-8,10H,9H2,1-2H3,(H,21,24)(H,22,23,25). The van der Waals surface area contributed by atoms with Crippen LogP contribution in [-0.4, -0.2) is 23.4 Å². The van der Waals surface area contributed by atoms with E-state index < -0.39 is 0 Å². The van der Waals surface area contributed by atoms with E-state index in [0.717, 1.165) is 22.4 Å². The van der Waals surface area contributed by atoms with E-state index in [2.05, 4.69) is 15.6 Å². The van der Waals surface area contributed by atoms with Gasteiger partial charge in [-0.3, -0.25) is 14.9 Å². The smallest absolute Gasteiger partial charge is 0.262 e.